The van der Waals surface area contributed by atoms with Crippen molar-refractivity contribution < 1.29 is 21.1 Å². The molecule has 0 fully saturated rings. The number of benzene rings is 1. The van der Waals surface area contributed by atoms with Crippen molar-refractivity contribution in [3.8, 4) is 11.3 Å². The van der Waals surface area contributed by atoms with E-state index >= 15 is 0 Å². The van der Waals surface area contributed by atoms with Crippen LogP contribution in [0.3, 0.4) is 0 Å². The van der Waals surface area contributed by atoms with E-state index in [0.717, 1.165) is 0 Å². The molecule has 0 unspecified atom stereocenters. The summed E-state index contributed by atoms with van der Waals surface area (Å²) in [6.45, 7) is 11.6. The van der Waals surface area contributed by atoms with Crippen molar-refractivity contribution in [1.82, 2.24) is 19.9 Å². The van der Waals surface area contributed by atoms with Gasteiger partial charge in [0, 0.05) is 20.3 Å². The van der Waals surface area contributed by atoms with Gasteiger partial charge in [-0.1, -0.05) is 39.0 Å². The largest absolute Gasteiger partial charge is 0.434 e. The van der Waals surface area contributed by atoms with E-state index in [9.17, 15) is 13.2 Å². The highest BCUT2D eigenvalue weighted by Gasteiger charge is 2.33. The molecule has 0 spiro atoms. The molecule has 0 aliphatic heterocycles. The van der Waals surface area contributed by atoms with E-state index in [2.05, 4.69) is 56.7 Å². The maximum Gasteiger partial charge on any atom is 0.434 e. The molecule has 3 aromatic rings. The third kappa shape index (κ3) is 7.37. The molecule has 10 heteroatoms. The molecule has 2 aromatic heterocycles. The molecule has 0 saturated heterocycles. The van der Waals surface area contributed by atoms with Crippen molar-refractivity contribution in [2.45, 2.75) is 45.7 Å². The molecule has 3 N–H and O–H groups in total. The summed E-state index contributed by atoms with van der Waals surface area (Å²) < 4.78 is 38.7. The number of hydrogen-bond acceptors (Lipinski definition) is 7. The van der Waals surface area contributed by atoms with E-state index in [1.807, 2.05) is 13.8 Å². The zero-order valence-electron chi connectivity index (χ0n) is 20.1. The summed E-state index contributed by atoms with van der Waals surface area (Å²) in [5, 5.41) is 14.9. The zero-order valence-corrected chi connectivity index (χ0v) is 20.1. The average molecular weight is 491 g/mol. The van der Waals surface area contributed by atoms with Gasteiger partial charge in [-0.15, -0.1) is 5.73 Å². The Kier molecular flexibility index (Phi) is 9.50. The lowest BCUT2D eigenvalue weighted by Gasteiger charge is -2.27. The maximum atomic E-state index is 12.9. The van der Waals surface area contributed by atoms with Gasteiger partial charge >= 0.3 is 6.18 Å². The second kappa shape index (κ2) is 12.1. The number of alkyl halides is 3. The smallest absolute Gasteiger partial charge is 0.376 e. The van der Waals surface area contributed by atoms with Crippen LogP contribution in [0.2, 0.25) is 0 Å². The second-order valence-corrected chi connectivity index (χ2v) is 7.97. The van der Waals surface area contributed by atoms with Crippen LogP contribution in [0.15, 0.2) is 66.9 Å². The topological polar surface area (TPSA) is 95.9 Å². The van der Waals surface area contributed by atoms with Crippen LogP contribution in [0.25, 0.3) is 11.3 Å². The molecule has 0 amide bonds. The Morgan fingerprint density at radius 1 is 1.06 bits per heavy atom. The molecule has 0 atom stereocenters. The lowest BCUT2D eigenvalue weighted by molar-refractivity contribution is -0.141. The Bertz CT molecular complexity index is 1170. The molecule has 35 heavy (non-hydrogen) atoms. The summed E-state index contributed by atoms with van der Waals surface area (Å²) in [5.41, 5.74) is 3.79. The minimum Gasteiger partial charge on any atom is -0.376 e. The van der Waals surface area contributed by atoms with Gasteiger partial charge < -0.3 is 15.7 Å². The summed E-state index contributed by atoms with van der Waals surface area (Å²) in [5.74, 6) is 0.285. The SMILES string of the molecule is C=C=C(Nc1ccc(-c2cncc(C(F)(F)F)n2)cc1)C(C)(C)c1ccnc(NCO)n1.CCC.[HH].[HH]. The molecular weight excluding hydrogens is 457 g/mol. The summed E-state index contributed by atoms with van der Waals surface area (Å²) in [6, 6.07) is 8.46. The van der Waals surface area contributed by atoms with Gasteiger partial charge in [0.2, 0.25) is 5.95 Å². The van der Waals surface area contributed by atoms with Crippen molar-refractivity contribution in [3.05, 3.63) is 78.3 Å². The first-order valence-corrected chi connectivity index (χ1v) is 10.9. The number of aliphatic hydroxyl groups is 1. The molecule has 0 bridgehead atoms. The third-order valence-corrected chi connectivity index (χ3v) is 4.71. The molecule has 0 aliphatic carbocycles. The number of aliphatic hydroxyl groups excluding tert-OH is 1. The first-order valence-electron chi connectivity index (χ1n) is 10.9. The Morgan fingerprint density at radius 3 is 2.29 bits per heavy atom. The minimum absolute atomic E-state index is 0. The fourth-order valence-electron chi connectivity index (χ4n) is 2.92. The first-order chi connectivity index (χ1) is 16.6. The van der Waals surface area contributed by atoms with Crippen LogP contribution in [0.5, 0.6) is 0 Å². The van der Waals surface area contributed by atoms with Gasteiger partial charge in [-0.25, -0.2) is 15.0 Å². The number of hydrogen-bond donors (Lipinski definition) is 3. The Balaban J connectivity index is 0.00000247. The van der Waals surface area contributed by atoms with Gasteiger partial charge in [-0.3, -0.25) is 4.98 Å². The second-order valence-electron chi connectivity index (χ2n) is 7.97. The number of rotatable bonds is 7. The summed E-state index contributed by atoms with van der Waals surface area (Å²) in [4.78, 5) is 15.7. The molecular formula is C25H33F3N6O. The van der Waals surface area contributed by atoms with Crippen molar-refractivity contribution >= 4 is 11.6 Å². The lowest BCUT2D eigenvalue weighted by Crippen LogP contribution is -2.26. The van der Waals surface area contributed by atoms with Gasteiger partial charge in [0.1, 0.15) is 6.73 Å². The highest BCUT2D eigenvalue weighted by atomic mass is 19.4. The standard InChI is InChI=1S/C22H21F3N6O.C3H8.2H2/c1-4-17(21(2,3)18-9-10-27-20(31-18)28-13-32)29-15-7-5-14(6-8-15)16-11-26-12-19(30-16)22(23,24)25;1-3-2;;/h5-12,29,32H,1,13H2,2-3H3,(H,27,28,31);3H2,1-2H3;2*1H. The quantitative estimate of drug-likeness (QED) is 0.265. The Hall–Kier alpha value is -3.75. The molecule has 7 nitrogen and oxygen atoms in total. The number of nitrogens with one attached hydrogen (secondary N) is 2. The fourth-order valence-corrected chi connectivity index (χ4v) is 2.92. The molecule has 2 heterocycles. The monoisotopic (exact) mass is 490 g/mol. The van der Waals surface area contributed by atoms with Gasteiger partial charge in [0.25, 0.3) is 0 Å². The van der Waals surface area contributed by atoms with Gasteiger partial charge in [0.15, 0.2) is 5.69 Å². The fraction of sp³-hybridized carbons (Fsp3) is 0.320. The molecule has 0 radical (unpaired) electrons. The average Bonchev–Trinajstić information content (AvgIpc) is 2.83. The third-order valence-electron chi connectivity index (χ3n) is 4.71. The molecule has 1 aromatic carbocycles. The highest BCUT2D eigenvalue weighted by Crippen LogP contribution is 2.32. The van der Waals surface area contributed by atoms with Gasteiger partial charge in [-0.05, 0) is 32.0 Å². The van der Waals surface area contributed by atoms with E-state index in [1.54, 1.807) is 36.5 Å². The number of allylic oxidation sites excluding steroid dienone is 1. The number of aromatic nitrogens is 4. The van der Waals surface area contributed by atoms with Crippen LogP contribution in [-0.4, -0.2) is 31.8 Å². The predicted molar refractivity (Wildman–Crippen MR) is 135 cm³/mol. The van der Waals surface area contributed by atoms with Gasteiger partial charge in [0.05, 0.1) is 34.9 Å². The number of halogens is 3. The Labute approximate surface area is 205 Å². The molecule has 0 saturated carbocycles. The summed E-state index contributed by atoms with van der Waals surface area (Å²) in [7, 11) is 0. The normalized spacial score (nSPS) is 11.1. The van der Waals surface area contributed by atoms with Crippen molar-refractivity contribution in [2.75, 3.05) is 17.4 Å². The number of nitrogens with zero attached hydrogens (tertiary/aromatic N) is 4. The summed E-state index contributed by atoms with van der Waals surface area (Å²) in [6.07, 6.45) is 0.237. The van der Waals surface area contributed by atoms with Crippen LogP contribution < -0.4 is 10.6 Å². The molecule has 0 aliphatic rings. The van der Waals surface area contributed by atoms with Crippen molar-refractivity contribution in [1.29, 1.82) is 0 Å². The first kappa shape index (κ1) is 27.5. The molecule has 3 rings (SSSR count). The predicted octanol–water partition coefficient (Wildman–Crippen LogP) is 6.28. The van der Waals surface area contributed by atoms with E-state index < -0.39 is 17.3 Å². The van der Waals surface area contributed by atoms with E-state index in [-0.39, 0.29) is 21.2 Å². The number of anilines is 2. The Morgan fingerprint density at radius 2 is 1.71 bits per heavy atom. The van der Waals surface area contributed by atoms with E-state index in [4.69, 9.17) is 5.11 Å². The van der Waals surface area contributed by atoms with E-state index in [0.29, 0.717) is 28.8 Å². The highest BCUT2D eigenvalue weighted by molar-refractivity contribution is 5.63. The van der Waals surface area contributed by atoms with Crippen LogP contribution in [0.4, 0.5) is 24.8 Å². The van der Waals surface area contributed by atoms with Crippen LogP contribution in [0, 0.1) is 0 Å². The minimum atomic E-state index is -4.56. The van der Waals surface area contributed by atoms with Crippen molar-refractivity contribution in [2.24, 2.45) is 0 Å². The van der Waals surface area contributed by atoms with E-state index in [1.165, 1.54) is 12.6 Å². The van der Waals surface area contributed by atoms with Crippen LogP contribution in [-0.2, 0) is 11.6 Å². The maximum absolute atomic E-state index is 12.9. The zero-order chi connectivity index (χ0) is 26.1. The van der Waals surface area contributed by atoms with Crippen LogP contribution in [0.1, 0.15) is 48.4 Å². The van der Waals surface area contributed by atoms with Crippen LogP contribution >= 0.6 is 0 Å². The van der Waals surface area contributed by atoms with Crippen molar-refractivity contribution in [3.63, 3.8) is 0 Å². The molecule has 190 valence electrons. The summed E-state index contributed by atoms with van der Waals surface area (Å²) >= 11 is 0. The lowest BCUT2D eigenvalue weighted by atomic mass is 9.85. The van der Waals surface area contributed by atoms with Gasteiger partial charge in [-0.2, -0.15) is 13.2 Å².